The van der Waals surface area contributed by atoms with Gasteiger partial charge in [0, 0.05) is 17.7 Å². The molecule has 1 aliphatic rings. The van der Waals surface area contributed by atoms with Gasteiger partial charge in [-0.1, -0.05) is 0 Å². The van der Waals surface area contributed by atoms with Gasteiger partial charge in [-0.3, -0.25) is 9.59 Å². The first-order chi connectivity index (χ1) is 9.93. The second-order valence-corrected chi connectivity index (χ2v) is 5.29. The Kier molecular flexibility index (Phi) is 4.72. The molecule has 0 heterocycles. The van der Waals surface area contributed by atoms with Crippen LogP contribution < -0.4 is 10.1 Å². The third-order valence-corrected chi connectivity index (χ3v) is 3.99. The molecule has 2 rings (SSSR count). The quantitative estimate of drug-likeness (QED) is 0.902. The third-order valence-electron chi connectivity index (χ3n) is 3.07. The maximum atomic E-state index is 13.6. The van der Waals surface area contributed by atoms with Crippen molar-refractivity contribution in [3.63, 3.8) is 0 Å². The molecule has 1 amide bonds. The van der Waals surface area contributed by atoms with Crippen LogP contribution in [0.5, 0.6) is 5.75 Å². The second kappa shape index (κ2) is 6.34. The summed E-state index contributed by atoms with van der Waals surface area (Å²) in [7, 11) is 1.14. The number of hydrogen-bond donors (Lipinski definition) is 1. The summed E-state index contributed by atoms with van der Waals surface area (Å²) in [6.45, 7) is 0. The Morgan fingerprint density at radius 3 is 2.48 bits per heavy atom. The summed E-state index contributed by atoms with van der Waals surface area (Å²) in [5.74, 6) is -3.26. The molecule has 0 saturated heterocycles. The highest BCUT2D eigenvalue weighted by atomic mass is 79.9. The monoisotopic (exact) mass is 359 g/mol. The Morgan fingerprint density at radius 2 is 1.90 bits per heavy atom. The molecule has 7 heteroatoms. The molecule has 0 unspecified atom stereocenters. The van der Waals surface area contributed by atoms with Crippen LogP contribution in [0.3, 0.4) is 0 Å². The molecule has 21 heavy (non-hydrogen) atoms. The highest BCUT2D eigenvalue weighted by Crippen LogP contribution is 2.26. The largest absolute Gasteiger partial charge is 0.491 e. The SMILES string of the molecule is COc1c(F)cc(C(=O)NC2=C(Br)C(=O)CCC2)cc1F. The Balaban J connectivity index is 2.25. The van der Waals surface area contributed by atoms with Crippen molar-refractivity contribution in [2.24, 2.45) is 0 Å². The zero-order valence-corrected chi connectivity index (χ0v) is 12.7. The number of rotatable bonds is 3. The smallest absolute Gasteiger partial charge is 0.255 e. The first kappa shape index (κ1) is 15.6. The van der Waals surface area contributed by atoms with E-state index in [2.05, 4.69) is 26.0 Å². The van der Waals surface area contributed by atoms with Crippen LogP contribution in [0.15, 0.2) is 22.3 Å². The van der Waals surface area contributed by atoms with E-state index >= 15 is 0 Å². The molecule has 0 aromatic heterocycles. The van der Waals surface area contributed by atoms with Gasteiger partial charge in [-0.05, 0) is 40.9 Å². The number of Topliss-reactive ketones (excluding diaryl/α,β-unsaturated/α-hetero) is 1. The fourth-order valence-electron chi connectivity index (χ4n) is 2.03. The zero-order valence-electron chi connectivity index (χ0n) is 11.1. The van der Waals surface area contributed by atoms with Crippen molar-refractivity contribution in [3.8, 4) is 5.75 Å². The van der Waals surface area contributed by atoms with Crippen LogP contribution in [-0.4, -0.2) is 18.8 Å². The fourth-order valence-corrected chi connectivity index (χ4v) is 2.52. The Bertz CT molecular complexity index is 620. The molecule has 112 valence electrons. The van der Waals surface area contributed by atoms with Crippen molar-refractivity contribution >= 4 is 27.6 Å². The highest BCUT2D eigenvalue weighted by molar-refractivity contribution is 9.12. The summed E-state index contributed by atoms with van der Waals surface area (Å²) in [6.07, 6.45) is 1.54. The molecule has 0 saturated carbocycles. The van der Waals surface area contributed by atoms with E-state index < -0.39 is 23.3 Å². The van der Waals surface area contributed by atoms with Crippen LogP contribution in [0, 0.1) is 11.6 Å². The first-order valence-electron chi connectivity index (χ1n) is 6.20. The molecule has 0 atom stereocenters. The summed E-state index contributed by atoms with van der Waals surface area (Å²) in [6, 6.07) is 1.77. The van der Waals surface area contributed by atoms with Gasteiger partial charge >= 0.3 is 0 Å². The lowest BCUT2D eigenvalue weighted by Gasteiger charge is -2.16. The van der Waals surface area contributed by atoms with Gasteiger partial charge in [0.15, 0.2) is 23.2 Å². The van der Waals surface area contributed by atoms with E-state index in [1.807, 2.05) is 0 Å². The standard InChI is InChI=1S/C14H12BrF2NO3/c1-21-13-8(16)5-7(6-9(13)17)14(20)18-10-3-2-4-11(19)12(10)15/h5-6H,2-4H2,1H3,(H,18,20). The van der Waals surface area contributed by atoms with Gasteiger partial charge < -0.3 is 10.1 Å². The van der Waals surface area contributed by atoms with Crippen molar-refractivity contribution in [1.29, 1.82) is 0 Å². The number of halogens is 3. The molecular weight excluding hydrogens is 348 g/mol. The number of methoxy groups -OCH3 is 1. The van der Waals surface area contributed by atoms with Gasteiger partial charge in [-0.2, -0.15) is 0 Å². The van der Waals surface area contributed by atoms with Gasteiger partial charge in [0.25, 0.3) is 5.91 Å². The lowest BCUT2D eigenvalue weighted by atomic mass is 10.0. The third kappa shape index (κ3) is 3.29. The number of ketones is 1. The van der Waals surface area contributed by atoms with E-state index in [0.717, 1.165) is 19.2 Å². The Hall–Kier alpha value is -1.76. The maximum Gasteiger partial charge on any atom is 0.255 e. The van der Waals surface area contributed by atoms with E-state index in [4.69, 9.17) is 0 Å². The molecule has 1 aromatic rings. The summed E-state index contributed by atoms with van der Waals surface area (Å²) >= 11 is 3.12. The summed E-state index contributed by atoms with van der Waals surface area (Å²) in [5, 5.41) is 2.51. The van der Waals surface area contributed by atoms with E-state index in [-0.39, 0.29) is 11.3 Å². The number of carbonyl (C=O) groups excluding carboxylic acids is 2. The van der Waals surface area contributed by atoms with Crippen LogP contribution in [0.2, 0.25) is 0 Å². The molecule has 1 aromatic carbocycles. The van der Waals surface area contributed by atoms with Crippen LogP contribution in [0.4, 0.5) is 8.78 Å². The minimum absolute atomic E-state index is 0.108. The molecule has 0 aliphatic heterocycles. The number of ether oxygens (including phenoxy) is 1. The molecule has 4 nitrogen and oxygen atoms in total. The normalized spacial score (nSPS) is 15.1. The fraction of sp³-hybridized carbons (Fsp3) is 0.286. The average molecular weight is 360 g/mol. The van der Waals surface area contributed by atoms with Crippen molar-refractivity contribution in [2.75, 3.05) is 7.11 Å². The van der Waals surface area contributed by atoms with Gasteiger partial charge in [0.1, 0.15) is 0 Å². The van der Waals surface area contributed by atoms with Crippen LogP contribution in [0.25, 0.3) is 0 Å². The lowest BCUT2D eigenvalue weighted by molar-refractivity contribution is -0.115. The maximum absolute atomic E-state index is 13.6. The van der Waals surface area contributed by atoms with Crippen molar-refractivity contribution in [1.82, 2.24) is 5.32 Å². The number of carbonyl (C=O) groups is 2. The van der Waals surface area contributed by atoms with Gasteiger partial charge in [-0.15, -0.1) is 0 Å². The zero-order chi connectivity index (χ0) is 15.6. The number of benzene rings is 1. The van der Waals surface area contributed by atoms with E-state index in [9.17, 15) is 18.4 Å². The number of amides is 1. The van der Waals surface area contributed by atoms with Crippen LogP contribution >= 0.6 is 15.9 Å². The number of allylic oxidation sites excluding steroid dienone is 2. The minimum atomic E-state index is -0.963. The minimum Gasteiger partial charge on any atom is -0.491 e. The molecule has 1 aliphatic carbocycles. The molecule has 1 N–H and O–H groups in total. The van der Waals surface area contributed by atoms with Gasteiger partial charge in [0.2, 0.25) is 0 Å². The molecule has 0 bridgehead atoms. The van der Waals surface area contributed by atoms with Crippen molar-refractivity contribution < 1.29 is 23.1 Å². The van der Waals surface area contributed by atoms with Gasteiger partial charge in [-0.25, -0.2) is 8.78 Å². The first-order valence-corrected chi connectivity index (χ1v) is 6.99. The number of nitrogens with one attached hydrogen (secondary N) is 1. The predicted octanol–water partition coefficient (Wildman–Crippen LogP) is 3.06. The van der Waals surface area contributed by atoms with E-state index in [1.165, 1.54) is 0 Å². The Labute approximate surface area is 128 Å². The summed E-state index contributed by atoms with van der Waals surface area (Å²) in [5.41, 5.74) is 0.240. The molecule has 0 spiro atoms. The summed E-state index contributed by atoms with van der Waals surface area (Å²) < 4.78 is 32.0. The van der Waals surface area contributed by atoms with Gasteiger partial charge in [0.05, 0.1) is 11.6 Å². The summed E-state index contributed by atoms with van der Waals surface area (Å²) in [4.78, 5) is 23.5. The second-order valence-electron chi connectivity index (χ2n) is 4.50. The number of hydrogen-bond acceptors (Lipinski definition) is 3. The average Bonchev–Trinajstić information content (AvgIpc) is 2.43. The van der Waals surface area contributed by atoms with E-state index in [0.29, 0.717) is 29.4 Å². The Morgan fingerprint density at radius 1 is 1.29 bits per heavy atom. The molecule has 0 fully saturated rings. The van der Waals surface area contributed by atoms with Crippen molar-refractivity contribution in [3.05, 3.63) is 39.5 Å². The topological polar surface area (TPSA) is 55.4 Å². The lowest BCUT2D eigenvalue weighted by Crippen LogP contribution is -2.27. The predicted molar refractivity (Wildman–Crippen MR) is 75.2 cm³/mol. The molecular formula is C14H12BrF2NO3. The van der Waals surface area contributed by atoms with Crippen LogP contribution in [-0.2, 0) is 4.79 Å². The molecule has 0 radical (unpaired) electrons. The van der Waals surface area contributed by atoms with Crippen LogP contribution in [0.1, 0.15) is 29.6 Å². The highest BCUT2D eigenvalue weighted by Gasteiger charge is 2.21. The van der Waals surface area contributed by atoms with E-state index in [1.54, 1.807) is 0 Å². The van der Waals surface area contributed by atoms with Crippen molar-refractivity contribution in [2.45, 2.75) is 19.3 Å².